The second-order valence-electron chi connectivity index (χ2n) is 6.27. The molecule has 0 radical (unpaired) electrons. The second-order valence-corrected chi connectivity index (χ2v) is 7.21. The molecule has 0 fully saturated rings. The Morgan fingerprint density at radius 3 is 2.61 bits per heavy atom. The van der Waals surface area contributed by atoms with Crippen LogP contribution in [0.1, 0.15) is 22.5 Å². The molecule has 2 heterocycles. The summed E-state index contributed by atoms with van der Waals surface area (Å²) in [7, 11) is 3.17. The van der Waals surface area contributed by atoms with Gasteiger partial charge in [-0.3, -0.25) is 4.79 Å². The molecule has 0 aliphatic rings. The van der Waals surface area contributed by atoms with E-state index in [1.807, 2.05) is 39.0 Å². The van der Waals surface area contributed by atoms with Crippen LogP contribution in [0.3, 0.4) is 0 Å². The first kappa shape index (κ1) is 19.9. The number of aromatic nitrogens is 4. The van der Waals surface area contributed by atoms with E-state index in [9.17, 15) is 4.79 Å². The molecule has 1 amide bonds. The monoisotopic (exact) mass is 401 g/mol. The predicted molar refractivity (Wildman–Crippen MR) is 107 cm³/mol. The van der Waals surface area contributed by atoms with E-state index in [1.165, 1.54) is 11.8 Å². The molecule has 8 nitrogen and oxygen atoms in total. The van der Waals surface area contributed by atoms with Crippen molar-refractivity contribution in [2.75, 3.05) is 20.0 Å². The topological polar surface area (TPSA) is 90.6 Å². The molecule has 148 valence electrons. The number of rotatable bonds is 7. The number of hydrogen-bond donors (Lipinski definition) is 1. The van der Waals surface area contributed by atoms with Crippen molar-refractivity contribution >= 4 is 23.4 Å². The minimum atomic E-state index is -0.101. The molecular weight excluding hydrogens is 378 g/mol. The lowest BCUT2D eigenvalue weighted by Gasteiger charge is -2.10. The molecule has 0 atom stereocenters. The van der Waals surface area contributed by atoms with E-state index in [4.69, 9.17) is 9.47 Å². The standard InChI is InChI=1S/C19H23N5O3S/c1-11-12(2)21-18-22-19(23-24(18)13(11)3)28-10-17(25)20-9-14-6-7-15(26-4)16(8-14)27-5/h6-8H,9-10H2,1-5H3,(H,20,25). The Bertz CT molecular complexity index is 1020. The SMILES string of the molecule is COc1ccc(CNC(=O)CSc2nc3nc(C)c(C)c(C)n3n2)cc1OC. The third kappa shape index (κ3) is 4.19. The summed E-state index contributed by atoms with van der Waals surface area (Å²) in [6, 6.07) is 5.54. The molecule has 1 aromatic carbocycles. The number of hydrogen-bond acceptors (Lipinski definition) is 7. The summed E-state index contributed by atoms with van der Waals surface area (Å²) in [5.74, 6) is 1.96. The first-order chi connectivity index (χ1) is 13.4. The molecular formula is C19H23N5O3S. The summed E-state index contributed by atoms with van der Waals surface area (Å²) in [5.41, 5.74) is 3.94. The number of benzene rings is 1. The highest BCUT2D eigenvalue weighted by Gasteiger charge is 2.13. The molecule has 3 aromatic rings. The van der Waals surface area contributed by atoms with Crippen LogP contribution in [0.15, 0.2) is 23.4 Å². The number of amides is 1. The largest absolute Gasteiger partial charge is 0.493 e. The number of nitrogens with one attached hydrogen (secondary N) is 1. The molecule has 0 unspecified atom stereocenters. The van der Waals surface area contributed by atoms with Crippen LogP contribution in [0.25, 0.3) is 5.78 Å². The van der Waals surface area contributed by atoms with Crippen LogP contribution in [-0.2, 0) is 11.3 Å². The van der Waals surface area contributed by atoms with Gasteiger partial charge < -0.3 is 14.8 Å². The van der Waals surface area contributed by atoms with Gasteiger partial charge in [0, 0.05) is 17.9 Å². The lowest BCUT2D eigenvalue weighted by atomic mass is 10.2. The average Bonchev–Trinajstić information content (AvgIpc) is 3.11. The second kappa shape index (κ2) is 8.47. The van der Waals surface area contributed by atoms with Gasteiger partial charge in [-0.05, 0) is 44.0 Å². The van der Waals surface area contributed by atoms with Crippen LogP contribution in [-0.4, -0.2) is 45.5 Å². The summed E-state index contributed by atoms with van der Waals surface area (Å²) in [4.78, 5) is 21.0. The van der Waals surface area contributed by atoms with Crippen molar-refractivity contribution in [3.63, 3.8) is 0 Å². The molecule has 0 aliphatic heterocycles. The fourth-order valence-corrected chi connectivity index (χ4v) is 3.32. The number of nitrogens with zero attached hydrogens (tertiary/aromatic N) is 4. The van der Waals surface area contributed by atoms with E-state index in [-0.39, 0.29) is 11.7 Å². The summed E-state index contributed by atoms with van der Waals surface area (Å²) >= 11 is 1.28. The van der Waals surface area contributed by atoms with Gasteiger partial charge in [0.15, 0.2) is 11.5 Å². The van der Waals surface area contributed by atoms with E-state index in [0.717, 1.165) is 22.5 Å². The molecule has 0 saturated heterocycles. The van der Waals surface area contributed by atoms with Crippen LogP contribution < -0.4 is 14.8 Å². The fourth-order valence-electron chi connectivity index (χ4n) is 2.67. The van der Waals surface area contributed by atoms with Gasteiger partial charge in [0.05, 0.1) is 20.0 Å². The maximum atomic E-state index is 12.2. The van der Waals surface area contributed by atoms with Gasteiger partial charge in [-0.15, -0.1) is 5.10 Å². The fraction of sp³-hybridized carbons (Fsp3) is 0.368. The summed E-state index contributed by atoms with van der Waals surface area (Å²) in [6.07, 6.45) is 0. The summed E-state index contributed by atoms with van der Waals surface area (Å²) in [6.45, 7) is 6.34. The lowest BCUT2D eigenvalue weighted by Crippen LogP contribution is -2.24. The number of carbonyl (C=O) groups is 1. The van der Waals surface area contributed by atoms with E-state index < -0.39 is 0 Å². The minimum absolute atomic E-state index is 0.101. The number of methoxy groups -OCH3 is 2. The molecule has 1 N–H and O–H groups in total. The van der Waals surface area contributed by atoms with Crippen molar-refractivity contribution in [3.05, 3.63) is 40.7 Å². The predicted octanol–water partition coefficient (Wildman–Crippen LogP) is 2.48. The van der Waals surface area contributed by atoms with Gasteiger partial charge in [-0.25, -0.2) is 9.50 Å². The maximum Gasteiger partial charge on any atom is 0.253 e. The molecule has 3 rings (SSSR count). The Morgan fingerprint density at radius 1 is 1.14 bits per heavy atom. The third-order valence-corrected chi connectivity index (χ3v) is 5.35. The molecule has 28 heavy (non-hydrogen) atoms. The van der Waals surface area contributed by atoms with Gasteiger partial charge in [-0.2, -0.15) is 4.98 Å². The first-order valence-electron chi connectivity index (χ1n) is 8.74. The Morgan fingerprint density at radius 2 is 1.89 bits per heavy atom. The molecule has 0 saturated carbocycles. The number of thioether (sulfide) groups is 1. The number of ether oxygens (including phenoxy) is 2. The third-order valence-electron chi connectivity index (χ3n) is 4.51. The number of carbonyl (C=O) groups excluding carboxylic acids is 1. The highest BCUT2D eigenvalue weighted by molar-refractivity contribution is 7.99. The van der Waals surface area contributed by atoms with Crippen LogP contribution in [0, 0.1) is 20.8 Å². The zero-order chi connectivity index (χ0) is 20.3. The van der Waals surface area contributed by atoms with Crippen molar-refractivity contribution in [1.29, 1.82) is 0 Å². The smallest absolute Gasteiger partial charge is 0.253 e. The van der Waals surface area contributed by atoms with Crippen molar-refractivity contribution < 1.29 is 14.3 Å². The van der Waals surface area contributed by atoms with Gasteiger partial charge in [0.25, 0.3) is 5.78 Å². The quantitative estimate of drug-likeness (QED) is 0.608. The highest BCUT2D eigenvalue weighted by atomic mass is 32.2. The summed E-state index contributed by atoms with van der Waals surface area (Å²) < 4.78 is 12.2. The Balaban J connectivity index is 1.59. The Hall–Kier alpha value is -2.81. The van der Waals surface area contributed by atoms with Crippen molar-refractivity contribution in [1.82, 2.24) is 24.9 Å². The summed E-state index contributed by atoms with van der Waals surface area (Å²) in [5, 5.41) is 7.86. The normalized spacial score (nSPS) is 10.9. The van der Waals surface area contributed by atoms with Crippen LogP contribution >= 0.6 is 11.8 Å². The van der Waals surface area contributed by atoms with Crippen LogP contribution in [0.2, 0.25) is 0 Å². The zero-order valence-electron chi connectivity index (χ0n) is 16.6. The first-order valence-corrected chi connectivity index (χ1v) is 9.72. The van der Waals surface area contributed by atoms with Gasteiger partial charge in [-0.1, -0.05) is 17.8 Å². The van der Waals surface area contributed by atoms with E-state index in [1.54, 1.807) is 18.7 Å². The van der Waals surface area contributed by atoms with Crippen LogP contribution in [0.5, 0.6) is 11.5 Å². The average molecular weight is 401 g/mol. The molecule has 0 spiro atoms. The van der Waals surface area contributed by atoms with Gasteiger partial charge in [0.1, 0.15) is 0 Å². The zero-order valence-corrected chi connectivity index (χ0v) is 17.4. The number of fused-ring (bicyclic) bond motifs is 1. The highest BCUT2D eigenvalue weighted by Crippen LogP contribution is 2.27. The lowest BCUT2D eigenvalue weighted by molar-refractivity contribution is -0.118. The molecule has 0 bridgehead atoms. The van der Waals surface area contributed by atoms with Gasteiger partial charge in [0.2, 0.25) is 11.1 Å². The maximum absolute atomic E-state index is 12.2. The van der Waals surface area contributed by atoms with Crippen molar-refractivity contribution in [3.8, 4) is 11.5 Å². The molecule has 9 heteroatoms. The van der Waals surface area contributed by atoms with Crippen LogP contribution in [0.4, 0.5) is 0 Å². The van der Waals surface area contributed by atoms with E-state index in [0.29, 0.717) is 29.0 Å². The van der Waals surface area contributed by atoms with Gasteiger partial charge >= 0.3 is 0 Å². The molecule has 2 aromatic heterocycles. The minimum Gasteiger partial charge on any atom is -0.493 e. The van der Waals surface area contributed by atoms with Crippen molar-refractivity contribution in [2.24, 2.45) is 0 Å². The Labute approximate surface area is 167 Å². The van der Waals surface area contributed by atoms with E-state index >= 15 is 0 Å². The van der Waals surface area contributed by atoms with E-state index in [2.05, 4.69) is 20.4 Å². The Kier molecular flexibility index (Phi) is 6.03. The van der Waals surface area contributed by atoms with Crippen molar-refractivity contribution in [2.45, 2.75) is 32.5 Å². The number of aryl methyl sites for hydroxylation is 2. The molecule has 0 aliphatic carbocycles.